The van der Waals surface area contributed by atoms with Crippen LogP contribution in [0.5, 0.6) is 0 Å². The summed E-state index contributed by atoms with van der Waals surface area (Å²) in [4.78, 5) is 21.2. The molecule has 2 aromatic heterocycles. The summed E-state index contributed by atoms with van der Waals surface area (Å²) in [5.41, 5.74) is 9.45. The largest absolute Gasteiger partial charge is 0.481 e. The van der Waals surface area contributed by atoms with Gasteiger partial charge in [0.2, 0.25) is 0 Å². The van der Waals surface area contributed by atoms with Crippen LogP contribution in [0.4, 0.5) is 0 Å². The minimum Gasteiger partial charge on any atom is -0.481 e. The zero-order valence-electron chi connectivity index (χ0n) is 21.2. The van der Waals surface area contributed by atoms with Gasteiger partial charge in [-0.05, 0) is 38.7 Å². The van der Waals surface area contributed by atoms with Crippen LogP contribution in [0.2, 0.25) is 0 Å². The number of unbranched alkanes of at least 4 members (excludes halogenated alkanes) is 3. The number of carboxylic acid groups (broad SMARTS) is 1. The molecule has 182 valence electrons. The first kappa shape index (κ1) is 24.6. The van der Waals surface area contributed by atoms with Crippen LogP contribution >= 0.6 is 0 Å². The molecule has 0 fully saturated rings. The molecule has 2 aromatic carbocycles. The average Bonchev–Trinajstić information content (AvgIpc) is 3.19. The van der Waals surface area contributed by atoms with E-state index in [1.165, 1.54) is 16.8 Å². The van der Waals surface area contributed by atoms with Crippen molar-refractivity contribution in [3.8, 4) is 22.5 Å². The molecule has 0 aliphatic heterocycles. The number of hydrogen-bond donors (Lipinski definition) is 1. The lowest BCUT2D eigenvalue weighted by atomic mass is 10.0. The maximum absolute atomic E-state index is 10.8. The number of benzene rings is 2. The zero-order valence-corrected chi connectivity index (χ0v) is 21.2. The Hall–Kier alpha value is -3.47. The molecule has 0 bridgehead atoms. The van der Waals surface area contributed by atoms with E-state index in [4.69, 9.17) is 15.1 Å². The van der Waals surface area contributed by atoms with Gasteiger partial charge in [-0.25, -0.2) is 9.97 Å². The van der Waals surface area contributed by atoms with Crippen molar-refractivity contribution >= 4 is 17.1 Å². The number of hydrogen-bond acceptors (Lipinski definition) is 3. The summed E-state index contributed by atoms with van der Waals surface area (Å²) in [7, 11) is 0. The SMILES string of the molecule is Cc1ccc(-c2nc3cc(C(C)C)n(CCCCCCC(=O)O)c3nc2-c2ccc(C)cc2)cc1. The summed E-state index contributed by atoms with van der Waals surface area (Å²) >= 11 is 0. The van der Waals surface area contributed by atoms with Crippen molar-refractivity contribution in [2.24, 2.45) is 0 Å². The molecule has 4 rings (SSSR count). The number of carboxylic acids is 1. The molecule has 35 heavy (non-hydrogen) atoms. The highest BCUT2D eigenvalue weighted by molar-refractivity contribution is 5.86. The van der Waals surface area contributed by atoms with Gasteiger partial charge in [-0.3, -0.25) is 4.79 Å². The van der Waals surface area contributed by atoms with Crippen molar-refractivity contribution in [2.75, 3.05) is 0 Å². The fraction of sp³-hybridized carbons (Fsp3) is 0.367. The molecule has 0 radical (unpaired) electrons. The predicted molar refractivity (Wildman–Crippen MR) is 143 cm³/mol. The predicted octanol–water partition coefficient (Wildman–Crippen LogP) is 7.54. The van der Waals surface area contributed by atoms with Crippen LogP contribution in [-0.2, 0) is 11.3 Å². The minimum absolute atomic E-state index is 0.247. The van der Waals surface area contributed by atoms with Gasteiger partial charge in [-0.1, -0.05) is 86.3 Å². The van der Waals surface area contributed by atoms with Gasteiger partial charge < -0.3 is 9.67 Å². The molecule has 0 amide bonds. The van der Waals surface area contributed by atoms with Gasteiger partial charge >= 0.3 is 5.97 Å². The topological polar surface area (TPSA) is 68.0 Å². The highest BCUT2D eigenvalue weighted by Crippen LogP contribution is 2.33. The van der Waals surface area contributed by atoms with Gasteiger partial charge in [0.15, 0.2) is 5.65 Å². The maximum atomic E-state index is 10.8. The first-order valence-electron chi connectivity index (χ1n) is 12.6. The number of fused-ring (bicyclic) bond motifs is 1. The lowest BCUT2D eigenvalue weighted by Crippen LogP contribution is -2.06. The third kappa shape index (κ3) is 5.79. The minimum atomic E-state index is -0.716. The van der Waals surface area contributed by atoms with E-state index < -0.39 is 5.97 Å². The number of aromatic nitrogens is 3. The number of rotatable bonds is 10. The van der Waals surface area contributed by atoms with E-state index in [0.717, 1.165) is 65.9 Å². The Kier molecular flexibility index (Phi) is 7.64. The molecule has 0 aliphatic rings. The smallest absolute Gasteiger partial charge is 0.303 e. The highest BCUT2D eigenvalue weighted by atomic mass is 16.4. The average molecular weight is 470 g/mol. The first-order valence-corrected chi connectivity index (χ1v) is 12.6. The molecule has 5 nitrogen and oxygen atoms in total. The second-order valence-corrected chi connectivity index (χ2v) is 9.80. The van der Waals surface area contributed by atoms with Crippen molar-refractivity contribution < 1.29 is 9.90 Å². The Bertz CT molecular complexity index is 1300. The first-order chi connectivity index (χ1) is 16.8. The normalized spacial score (nSPS) is 11.5. The molecule has 4 aromatic rings. The molecule has 1 N–H and O–H groups in total. The summed E-state index contributed by atoms with van der Waals surface area (Å²) in [5.74, 6) is -0.365. The molecule has 2 heterocycles. The number of carbonyl (C=O) groups is 1. The fourth-order valence-corrected chi connectivity index (χ4v) is 4.51. The van der Waals surface area contributed by atoms with E-state index in [9.17, 15) is 4.79 Å². The van der Waals surface area contributed by atoms with Crippen LogP contribution < -0.4 is 0 Å². The molecular weight excluding hydrogens is 434 g/mol. The van der Waals surface area contributed by atoms with Crippen LogP contribution in [0.25, 0.3) is 33.7 Å². The molecule has 0 unspecified atom stereocenters. The zero-order chi connectivity index (χ0) is 24.9. The van der Waals surface area contributed by atoms with Gasteiger partial charge in [-0.2, -0.15) is 0 Å². The molecule has 0 spiro atoms. The Labute approximate surface area is 207 Å². The molecule has 0 aliphatic carbocycles. The number of aryl methyl sites for hydroxylation is 3. The number of aliphatic carboxylic acids is 1. The summed E-state index contributed by atoms with van der Waals surface area (Å²) in [6.45, 7) is 9.46. The molecular formula is C30H35N3O2. The Morgan fingerprint density at radius 2 is 1.37 bits per heavy atom. The van der Waals surface area contributed by atoms with Crippen LogP contribution in [0.3, 0.4) is 0 Å². The van der Waals surface area contributed by atoms with Crippen molar-refractivity contribution in [1.29, 1.82) is 0 Å². The molecule has 5 heteroatoms. The van der Waals surface area contributed by atoms with E-state index in [0.29, 0.717) is 5.92 Å². The summed E-state index contributed by atoms with van der Waals surface area (Å²) < 4.78 is 2.32. The lowest BCUT2D eigenvalue weighted by Gasteiger charge is -2.14. The Balaban J connectivity index is 1.76. The van der Waals surface area contributed by atoms with Crippen molar-refractivity contribution in [3.63, 3.8) is 0 Å². The van der Waals surface area contributed by atoms with E-state index >= 15 is 0 Å². The van der Waals surface area contributed by atoms with E-state index in [2.05, 4.69) is 86.9 Å². The second-order valence-electron chi connectivity index (χ2n) is 9.80. The molecule has 0 atom stereocenters. The molecule has 0 saturated carbocycles. The lowest BCUT2D eigenvalue weighted by molar-refractivity contribution is -0.137. The second kappa shape index (κ2) is 10.9. The third-order valence-corrected chi connectivity index (χ3v) is 6.52. The van der Waals surface area contributed by atoms with Crippen LogP contribution in [-0.4, -0.2) is 25.6 Å². The van der Waals surface area contributed by atoms with Gasteiger partial charge in [0.05, 0.1) is 11.4 Å². The van der Waals surface area contributed by atoms with Gasteiger partial charge in [0.25, 0.3) is 0 Å². The summed E-state index contributed by atoms with van der Waals surface area (Å²) in [6.07, 6.45) is 3.90. The van der Waals surface area contributed by atoms with Crippen molar-refractivity contribution in [2.45, 2.75) is 72.3 Å². The quantitative estimate of drug-likeness (QED) is 0.244. The van der Waals surface area contributed by atoms with Gasteiger partial charge in [-0.15, -0.1) is 0 Å². The Morgan fingerprint density at radius 3 is 1.91 bits per heavy atom. The van der Waals surface area contributed by atoms with Crippen molar-refractivity contribution in [3.05, 3.63) is 71.4 Å². The van der Waals surface area contributed by atoms with Crippen LogP contribution in [0.15, 0.2) is 54.6 Å². The van der Waals surface area contributed by atoms with Gasteiger partial charge in [0, 0.05) is 29.8 Å². The fourth-order valence-electron chi connectivity index (χ4n) is 4.51. The maximum Gasteiger partial charge on any atom is 0.303 e. The summed E-state index contributed by atoms with van der Waals surface area (Å²) in [5, 5.41) is 8.87. The molecule has 0 saturated heterocycles. The highest BCUT2D eigenvalue weighted by Gasteiger charge is 2.19. The number of nitrogens with zero attached hydrogens (tertiary/aromatic N) is 3. The standard InChI is InChI=1S/C30H35N3O2/c1-20(2)26-19-25-30(33(26)18-8-6-5-7-9-27(34)35)32-29(24-16-12-22(4)13-17-24)28(31-25)23-14-10-21(3)11-15-23/h10-17,19-20H,5-9,18H2,1-4H3,(H,34,35). The van der Waals surface area contributed by atoms with Crippen LogP contribution in [0.1, 0.15) is 68.7 Å². The van der Waals surface area contributed by atoms with Crippen LogP contribution in [0, 0.1) is 13.8 Å². The third-order valence-electron chi connectivity index (χ3n) is 6.52. The Morgan fingerprint density at radius 1 is 0.829 bits per heavy atom. The van der Waals surface area contributed by atoms with E-state index in [-0.39, 0.29) is 6.42 Å². The summed E-state index contributed by atoms with van der Waals surface area (Å²) in [6, 6.07) is 19.2. The van der Waals surface area contributed by atoms with E-state index in [1.54, 1.807) is 0 Å². The van der Waals surface area contributed by atoms with Crippen molar-refractivity contribution in [1.82, 2.24) is 14.5 Å². The van der Waals surface area contributed by atoms with E-state index in [1.807, 2.05) is 0 Å². The monoisotopic (exact) mass is 469 g/mol. The van der Waals surface area contributed by atoms with Gasteiger partial charge in [0.1, 0.15) is 5.52 Å².